The molecule has 1 N–H and O–H groups in total. The molecular weight excluding hydrogens is 192 g/mol. The number of aliphatic carboxylic acids is 1. The third-order valence-electron chi connectivity index (χ3n) is 2.37. The lowest BCUT2D eigenvalue weighted by Crippen LogP contribution is -1.93. The highest BCUT2D eigenvalue weighted by Gasteiger charge is 1.96. The van der Waals surface area contributed by atoms with Crippen molar-refractivity contribution < 1.29 is 14.7 Å². The van der Waals surface area contributed by atoms with Crippen LogP contribution in [0.25, 0.3) is 0 Å². The Hall–Kier alpha value is -1.08. The molecule has 0 aromatic rings. The molecule has 0 spiro atoms. The average Bonchev–Trinajstić information content (AvgIpc) is 2.21. The molecule has 0 aromatic carbocycles. The van der Waals surface area contributed by atoms with Crippen molar-refractivity contribution >= 4 is 11.9 Å². The van der Waals surface area contributed by atoms with Gasteiger partial charge in [0.05, 0.1) is 0 Å². The van der Waals surface area contributed by atoms with E-state index < -0.39 is 5.97 Å². The minimum absolute atomic E-state index is 0.285. The van der Waals surface area contributed by atoms with E-state index in [1.165, 1.54) is 0 Å². The number of carbonyl (C=O) groups is 1. The van der Waals surface area contributed by atoms with Crippen LogP contribution in [0.1, 0.15) is 58.3 Å². The molecule has 86 valence electrons. The Morgan fingerprint density at radius 1 is 1.00 bits per heavy atom. The molecule has 0 unspecified atom stereocenters. The summed E-state index contributed by atoms with van der Waals surface area (Å²) < 4.78 is 0. The van der Waals surface area contributed by atoms with Crippen LogP contribution in [0.3, 0.4) is 0 Å². The summed E-state index contributed by atoms with van der Waals surface area (Å²) in [6.45, 7) is 1.81. The van der Waals surface area contributed by atoms with Crippen molar-refractivity contribution in [3.8, 4) is 0 Å². The van der Waals surface area contributed by atoms with Crippen LogP contribution < -0.4 is 0 Å². The molecule has 3 nitrogen and oxygen atoms in total. The Labute approximate surface area is 91.2 Å². The van der Waals surface area contributed by atoms with Crippen LogP contribution in [-0.4, -0.2) is 17.0 Å². The van der Waals surface area contributed by atoms with Crippen molar-refractivity contribution in [3.63, 3.8) is 0 Å². The number of carboxylic acid groups (broad SMARTS) is 1. The van der Waals surface area contributed by atoms with E-state index in [1.54, 1.807) is 6.92 Å². The summed E-state index contributed by atoms with van der Waals surface area (Å²) >= 11 is 0. The molecule has 0 saturated carbocycles. The molecule has 0 aliphatic carbocycles. The van der Waals surface area contributed by atoms with Gasteiger partial charge in [-0.2, -0.15) is 0 Å². The predicted molar refractivity (Wildman–Crippen MR) is 59.5 cm³/mol. The SMILES string of the molecule is CC(=C=O)CCCCCCCCC(=O)O. The van der Waals surface area contributed by atoms with Gasteiger partial charge >= 0.3 is 5.97 Å². The first kappa shape index (κ1) is 13.9. The number of hydrogen-bond donors (Lipinski definition) is 1. The van der Waals surface area contributed by atoms with Gasteiger partial charge in [0.25, 0.3) is 0 Å². The van der Waals surface area contributed by atoms with Crippen molar-refractivity contribution in [2.75, 3.05) is 0 Å². The Kier molecular flexibility index (Phi) is 8.79. The molecule has 0 aliphatic rings. The fraction of sp³-hybridized carbons (Fsp3) is 0.750. The number of unbranched alkanes of at least 4 members (excludes halogenated alkanes) is 5. The molecule has 0 aromatic heterocycles. The summed E-state index contributed by atoms with van der Waals surface area (Å²) in [4.78, 5) is 20.4. The first-order valence-corrected chi connectivity index (χ1v) is 5.59. The van der Waals surface area contributed by atoms with Crippen LogP contribution in [-0.2, 0) is 9.59 Å². The highest BCUT2D eigenvalue weighted by Crippen LogP contribution is 2.10. The van der Waals surface area contributed by atoms with E-state index in [4.69, 9.17) is 5.11 Å². The van der Waals surface area contributed by atoms with Crippen molar-refractivity contribution in [1.29, 1.82) is 0 Å². The van der Waals surface area contributed by atoms with E-state index in [2.05, 4.69) is 0 Å². The molecule has 0 amide bonds. The first-order valence-electron chi connectivity index (χ1n) is 5.59. The zero-order valence-corrected chi connectivity index (χ0v) is 9.42. The second-order valence-electron chi connectivity index (χ2n) is 3.90. The molecule has 3 heteroatoms. The molecular formula is C12H20O3. The zero-order valence-electron chi connectivity index (χ0n) is 9.42. The monoisotopic (exact) mass is 212 g/mol. The van der Waals surface area contributed by atoms with Gasteiger partial charge in [-0.15, -0.1) is 0 Å². The van der Waals surface area contributed by atoms with Gasteiger partial charge in [-0.3, -0.25) is 4.79 Å². The number of rotatable bonds is 9. The lowest BCUT2D eigenvalue weighted by atomic mass is 10.1. The lowest BCUT2D eigenvalue weighted by molar-refractivity contribution is -0.137. The lowest BCUT2D eigenvalue weighted by Gasteiger charge is -2.00. The van der Waals surface area contributed by atoms with Gasteiger partial charge < -0.3 is 5.11 Å². The van der Waals surface area contributed by atoms with Crippen LogP contribution in [0, 0.1) is 0 Å². The highest BCUT2D eigenvalue weighted by molar-refractivity contribution is 5.66. The quantitative estimate of drug-likeness (QED) is 0.472. The molecule has 0 bridgehead atoms. The highest BCUT2D eigenvalue weighted by atomic mass is 16.4. The van der Waals surface area contributed by atoms with Crippen LogP contribution in [0.4, 0.5) is 0 Å². The molecule has 0 heterocycles. The maximum atomic E-state index is 10.2. The molecule has 15 heavy (non-hydrogen) atoms. The van der Waals surface area contributed by atoms with Crippen molar-refractivity contribution in [2.24, 2.45) is 0 Å². The van der Waals surface area contributed by atoms with E-state index in [0.29, 0.717) is 0 Å². The summed E-state index contributed by atoms with van der Waals surface area (Å²) in [6, 6.07) is 0. The van der Waals surface area contributed by atoms with Gasteiger partial charge in [0.1, 0.15) is 5.94 Å². The number of hydrogen-bond acceptors (Lipinski definition) is 2. The molecule has 0 radical (unpaired) electrons. The standard InChI is InChI=1S/C12H20O3/c1-11(10-13)8-6-4-2-3-5-7-9-12(14)15/h2-9H2,1H3,(H,14,15). The summed E-state index contributed by atoms with van der Waals surface area (Å²) in [6.07, 6.45) is 7.29. The van der Waals surface area contributed by atoms with E-state index in [9.17, 15) is 9.59 Å². The fourth-order valence-corrected chi connectivity index (χ4v) is 1.42. The molecule has 0 aliphatic heterocycles. The van der Waals surface area contributed by atoms with Gasteiger partial charge in [-0.1, -0.05) is 25.7 Å². The summed E-state index contributed by atoms with van der Waals surface area (Å²) in [5.74, 6) is 1.18. The van der Waals surface area contributed by atoms with E-state index in [-0.39, 0.29) is 6.42 Å². The Bertz CT molecular complexity index is 227. The van der Waals surface area contributed by atoms with E-state index >= 15 is 0 Å². The summed E-state index contributed by atoms with van der Waals surface area (Å²) in [5, 5.41) is 8.40. The van der Waals surface area contributed by atoms with E-state index in [0.717, 1.165) is 50.5 Å². The van der Waals surface area contributed by atoms with Crippen LogP contribution in [0.15, 0.2) is 5.57 Å². The summed E-state index contributed by atoms with van der Waals surface area (Å²) in [5.41, 5.74) is 0.792. The minimum Gasteiger partial charge on any atom is -0.481 e. The van der Waals surface area contributed by atoms with Gasteiger partial charge in [-0.05, 0) is 26.2 Å². The third kappa shape index (κ3) is 10.8. The van der Waals surface area contributed by atoms with E-state index in [1.807, 2.05) is 5.94 Å². The Balaban J connectivity index is 3.12. The van der Waals surface area contributed by atoms with Crippen LogP contribution >= 0.6 is 0 Å². The maximum absolute atomic E-state index is 10.2. The van der Waals surface area contributed by atoms with Crippen LogP contribution in [0.2, 0.25) is 0 Å². The second kappa shape index (κ2) is 9.47. The van der Waals surface area contributed by atoms with Crippen molar-refractivity contribution in [1.82, 2.24) is 0 Å². The Morgan fingerprint density at radius 2 is 1.47 bits per heavy atom. The number of carbonyl (C=O) groups excluding carboxylic acids is 1. The molecule has 0 rings (SSSR count). The van der Waals surface area contributed by atoms with Crippen molar-refractivity contribution in [3.05, 3.63) is 5.57 Å². The normalized spacial score (nSPS) is 9.67. The van der Waals surface area contributed by atoms with Gasteiger partial charge in [0.2, 0.25) is 0 Å². The average molecular weight is 212 g/mol. The molecule has 0 saturated heterocycles. The summed E-state index contributed by atoms with van der Waals surface area (Å²) in [7, 11) is 0. The predicted octanol–water partition coefficient (Wildman–Crippen LogP) is 2.97. The van der Waals surface area contributed by atoms with Crippen molar-refractivity contribution in [2.45, 2.75) is 58.3 Å². The Morgan fingerprint density at radius 3 is 1.93 bits per heavy atom. The fourth-order valence-electron chi connectivity index (χ4n) is 1.42. The van der Waals surface area contributed by atoms with Gasteiger partial charge in [0.15, 0.2) is 0 Å². The topological polar surface area (TPSA) is 54.4 Å². The zero-order chi connectivity index (χ0) is 11.5. The molecule has 0 fully saturated rings. The van der Waals surface area contributed by atoms with Crippen LogP contribution in [0.5, 0.6) is 0 Å². The minimum atomic E-state index is -0.707. The largest absolute Gasteiger partial charge is 0.481 e. The van der Waals surface area contributed by atoms with Gasteiger partial charge in [-0.25, -0.2) is 4.79 Å². The number of allylic oxidation sites excluding steroid dienone is 1. The second-order valence-corrected chi connectivity index (χ2v) is 3.90. The van der Waals surface area contributed by atoms with Gasteiger partial charge in [0, 0.05) is 12.0 Å². The smallest absolute Gasteiger partial charge is 0.303 e. The first-order chi connectivity index (χ1) is 7.16. The number of carboxylic acids is 1. The maximum Gasteiger partial charge on any atom is 0.303 e. The molecule has 0 atom stereocenters. The third-order valence-corrected chi connectivity index (χ3v) is 2.37.